The third-order valence-electron chi connectivity index (χ3n) is 3.41. The number of carbonyl (C=O) groups excluding carboxylic acids is 2. The van der Waals surface area contributed by atoms with E-state index in [9.17, 15) is 9.59 Å². The standard InChI is InChI=1S/C13H18N4O4.2ClH/c1-20-11-9(10(14)18)6-8(7-16-11)17-12(19)13(15)2-4-21-5-3-13;;/h6-7H,2-5,15H2,1H3,(H2,14,18)(H,17,19);2*1H. The molecule has 0 aliphatic carbocycles. The van der Waals surface area contributed by atoms with Gasteiger partial charge < -0.3 is 26.3 Å². The number of hydrogen-bond donors (Lipinski definition) is 3. The Labute approximate surface area is 146 Å². The van der Waals surface area contributed by atoms with Crippen LogP contribution in [-0.4, -0.2) is 42.7 Å². The van der Waals surface area contributed by atoms with Crippen molar-refractivity contribution in [3.05, 3.63) is 17.8 Å². The fourth-order valence-corrected chi connectivity index (χ4v) is 2.08. The molecule has 0 bridgehead atoms. The summed E-state index contributed by atoms with van der Waals surface area (Å²) < 4.78 is 10.1. The van der Waals surface area contributed by atoms with Crippen molar-refractivity contribution in [3.8, 4) is 5.88 Å². The van der Waals surface area contributed by atoms with E-state index in [4.69, 9.17) is 20.9 Å². The average molecular weight is 367 g/mol. The monoisotopic (exact) mass is 366 g/mol. The number of rotatable bonds is 4. The van der Waals surface area contributed by atoms with Crippen molar-refractivity contribution in [2.45, 2.75) is 18.4 Å². The second-order valence-corrected chi connectivity index (χ2v) is 4.87. The average Bonchev–Trinajstić information content (AvgIpc) is 2.47. The minimum Gasteiger partial charge on any atom is -0.480 e. The second kappa shape index (κ2) is 8.88. The first-order valence-corrected chi connectivity index (χ1v) is 6.48. The van der Waals surface area contributed by atoms with E-state index in [0.717, 1.165) is 0 Å². The van der Waals surface area contributed by atoms with E-state index >= 15 is 0 Å². The molecule has 1 aliphatic heterocycles. The summed E-state index contributed by atoms with van der Waals surface area (Å²) in [6.45, 7) is 0.884. The number of amides is 2. The van der Waals surface area contributed by atoms with Gasteiger partial charge in [-0.25, -0.2) is 4.98 Å². The van der Waals surface area contributed by atoms with Gasteiger partial charge in [0.1, 0.15) is 11.1 Å². The predicted molar refractivity (Wildman–Crippen MR) is 89.4 cm³/mol. The Balaban J connectivity index is 0.00000242. The van der Waals surface area contributed by atoms with Crippen LogP contribution < -0.4 is 21.5 Å². The number of anilines is 1. The van der Waals surface area contributed by atoms with Crippen molar-refractivity contribution in [2.75, 3.05) is 25.6 Å². The maximum absolute atomic E-state index is 12.3. The molecule has 2 rings (SSSR count). The van der Waals surface area contributed by atoms with Crippen LogP contribution in [0.5, 0.6) is 5.88 Å². The summed E-state index contributed by atoms with van der Waals surface area (Å²) in [5.74, 6) is -0.925. The number of hydrogen-bond acceptors (Lipinski definition) is 6. The summed E-state index contributed by atoms with van der Waals surface area (Å²) in [6.07, 6.45) is 2.25. The summed E-state index contributed by atoms with van der Waals surface area (Å²) in [7, 11) is 1.38. The molecule has 5 N–H and O–H groups in total. The Morgan fingerprint density at radius 1 is 1.35 bits per heavy atom. The molecule has 2 amide bonds. The Hall–Kier alpha value is -1.61. The zero-order chi connectivity index (χ0) is 15.5. The van der Waals surface area contributed by atoms with Crippen molar-refractivity contribution < 1.29 is 19.1 Å². The molecule has 0 spiro atoms. The van der Waals surface area contributed by atoms with E-state index in [0.29, 0.717) is 31.7 Å². The smallest absolute Gasteiger partial charge is 0.254 e. The lowest BCUT2D eigenvalue weighted by atomic mass is 9.90. The van der Waals surface area contributed by atoms with Gasteiger partial charge in [0.05, 0.1) is 19.0 Å². The summed E-state index contributed by atoms with van der Waals surface area (Å²) in [4.78, 5) is 27.5. The molecule has 1 aromatic heterocycles. The highest BCUT2D eigenvalue weighted by Gasteiger charge is 2.36. The zero-order valence-electron chi connectivity index (χ0n) is 12.5. The fraction of sp³-hybridized carbons (Fsp3) is 0.462. The lowest BCUT2D eigenvalue weighted by Gasteiger charge is -2.31. The van der Waals surface area contributed by atoms with Crippen LogP contribution in [0, 0.1) is 0 Å². The predicted octanol–water partition coefficient (Wildman–Crippen LogP) is 0.479. The Bertz CT molecular complexity index is 565. The molecule has 0 radical (unpaired) electrons. The van der Waals surface area contributed by atoms with Crippen LogP contribution in [0.1, 0.15) is 23.2 Å². The van der Waals surface area contributed by atoms with Gasteiger partial charge in [-0.15, -0.1) is 24.8 Å². The zero-order valence-corrected chi connectivity index (χ0v) is 14.2. The van der Waals surface area contributed by atoms with Gasteiger partial charge in [-0.05, 0) is 18.9 Å². The molecule has 1 fully saturated rings. The fourth-order valence-electron chi connectivity index (χ4n) is 2.08. The van der Waals surface area contributed by atoms with Crippen LogP contribution in [0.4, 0.5) is 5.69 Å². The number of methoxy groups -OCH3 is 1. The molecule has 0 saturated carbocycles. The number of nitrogens with zero attached hydrogens (tertiary/aromatic N) is 1. The number of carbonyl (C=O) groups is 2. The van der Waals surface area contributed by atoms with Gasteiger partial charge >= 0.3 is 0 Å². The molecular formula is C13H20Cl2N4O4. The van der Waals surface area contributed by atoms with E-state index < -0.39 is 11.4 Å². The number of pyridine rings is 1. The van der Waals surface area contributed by atoms with Gasteiger partial charge in [-0.2, -0.15) is 0 Å². The number of primary amides is 1. The molecule has 0 aromatic carbocycles. The van der Waals surface area contributed by atoms with Gasteiger partial charge in [0, 0.05) is 13.2 Å². The van der Waals surface area contributed by atoms with E-state index in [1.54, 1.807) is 0 Å². The molecule has 2 heterocycles. The Kier molecular flexibility index (Phi) is 8.25. The van der Waals surface area contributed by atoms with E-state index in [1.165, 1.54) is 19.4 Å². The highest BCUT2D eigenvalue weighted by molar-refractivity contribution is 6.00. The van der Waals surface area contributed by atoms with Gasteiger partial charge in [0.15, 0.2) is 0 Å². The quantitative estimate of drug-likeness (QED) is 0.710. The molecule has 1 aromatic rings. The summed E-state index contributed by atoms with van der Waals surface area (Å²) in [5.41, 5.74) is 10.8. The van der Waals surface area contributed by atoms with Crippen molar-refractivity contribution in [3.63, 3.8) is 0 Å². The Morgan fingerprint density at radius 2 is 1.96 bits per heavy atom. The van der Waals surface area contributed by atoms with Gasteiger partial charge in [-0.3, -0.25) is 9.59 Å². The minimum atomic E-state index is -0.981. The Morgan fingerprint density at radius 3 is 2.48 bits per heavy atom. The van der Waals surface area contributed by atoms with Crippen LogP contribution in [0.2, 0.25) is 0 Å². The normalized spacial score (nSPS) is 15.6. The number of nitrogens with two attached hydrogens (primary N) is 2. The molecule has 10 heteroatoms. The second-order valence-electron chi connectivity index (χ2n) is 4.87. The van der Waals surface area contributed by atoms with Gasteiger partial charge in [-0.1, -0.05) is 0 Å². The van der Waals surface area contributed by atoms with Crippen LogP contribution in [0.3, 0.4) is 0 Å². The van der Waals surface area contributed by atoms with Crippen molar-refractivity contribution >= 4 is 42.3 Å². The maximum Gasteiger partial charge on any atom is 0.254 e. The SMILES string of the molecule is COc1ncc(NC(=O)C2(N)CCOCC2)cc1C(N)=O.Cl.Cl. The van der Waals surface area contributed by atoms with E-state index in [1.807, 2.05) is 0 Å². The first kappa shape index (κ1) is 21.4. The molecule has 23 heavy (non-hydrogen) atoms. The molecule has 0 atom stereocenters. The van der Waals surface area contributed by atoms with Crippen molar-refractivity contribution in [1.29, 1.82) is 0 Å². The first-order chi connectivity index (χ1) is 9.96. The molecule has 130 valence electrons. The largest absolute Gasteiger partial charge is 0.480 e. The van der Waals surface area contributed by atoms with E-state index in [2.05, 4.69) is 10.3 Å². The molecule has 0 unspecified atom stereocenters. The summed E-state index contributed by atoms with van der Waals surface area (Å²) in [6, 6.07) is 1.41. The number of halogens is 2. The van der Waals surface area contributed by atoms with Crippen LogP contribution >= 0.6 is 24.8 Å². The highest BCUT2D eigenvalue weighted by atomic mass is 35.5. The van der Waals surface area contributed by atoms with Crippen molar-refractivity contribution in [2.24, 2.45) is 11.5 Å². The summed E-state index contributed by atoms with van der Waals surface area (Å²) in [5, 5.41) is 2.65. The number of ether oxygens (including phenoxy) is 2. The third kappa shape index (κ3) is 4.93. The molecule has 1 saturated heterocycles. The minimum absolute atomic E-state index is 0. The highest BCUT2D eigenvalue weighted by Crippen LogP contribution is 2.22. The first-order valence-electron chi connectivity index (χ1n) is 6.48. The topological polar surface area (TPSA) is 130 Å². The number of nitrogens with one attached hydrogen (secondary N) is 1. The van der Waals surface area contributed by atoms with E-state index in [-0.39, 0.29) is 42.2 Å². The lowest BCUT2D eigenvalue weighted by Crippen LogP contribution is -2.54. The summed E-state index contributed by atoms with van der Waals surface area (Å²) >= 11 is 0. The van der Waals surface area contributed by atoms with Crippen LogP contribution in [0.25, 0.3) is 0 Å². The molecule has 1 aliphatic rings. The number of aromatic nitrogens is 1. The van der Waals surface area contributed by atoms with Gasteiger partial charge in [0.25, 0.3) is 5.91 Å². The third-order valence-corrected chi connectivity index (χ3v) is 3.41. The van der Waals surface area contributed by atoms with Crippen LogP contribution in [-0.2, 0) is 9.53 Å². The van der Waals surface area contributed by atoms with Crippen LogP contribution in [0.15, 0.2) is 12.3 Å². The van der Waals surface area contributed by atoms with Crippen molar-refractivity contribution in [1.82, 2.24) is 4.98 Å². The van der Waals surface area contributed by atoms with Gasteiger partial charge in [0.2, 0.25) is 11.8 Å². The molecule has 8 nitrogen and oxygen atoms in total. The molecular weight excluding hydrogens is 347 g/mol. The maximum atomic E-state index is 12.3. The lowest BCUT2D eigenvalue weighted by molar-refractivity contribution is -0.124.